The van der Waals surface area contributed by atoms with Gasteiger partial charge in [-0.3, -0.25) is 4.79 Å². The Kier molecular flexibility index (Phi) is 5.51. The van der Waals surface area contributed by atoms with E-state index in [2.05, 4.69) is 5.10 Å². The van der Waals surface area contributed by atoms with Crippen molar-refractivity contribution < 1.29 is 18.7 Å². The number of aromatic nitrogens is 2. The fourth-order valence-corrected chi connectivity index (χ4v) is 4.93. The normalized spacial score (nSPS) is 17.4. The second kappa shape index (κ2) is 8.47. The molecular formula is C25H25F2N3O2. The Bertz CT molecular complexity index is 1140. The predicted molar refractivity (Wildman–Crippen MR) is 116 cm³/mol. The molecule has 0 spiro atoms. The molecule has 1 N–H and O–H groups in total. The van der Waals surface area contributed by atoms with Crippen molar-refractivity contribution in [3.05, 3.63) is 82.7 Å². The summed E-state index contributed by atoms with van der Waals surface area (Å²) in [6.07, 6.45) is 3.30. The SMILES string of the molecule is O=C(c1nn(-c2ccc(F)c(F)c2)c2c1CCC2)N1CCC(C(O)c2ccccc2)CC1. The quantitative estimate of drug-likeness (QED) is 0.665. The van der Waals surface area contributed by atoms with Crippen molar-refractivity contribution >= 4 is 5.91 Å². The Labute approximate surface area is 185 Å². The van der Waals surface area contributed by atoms with E-state index in [-0.39, 0.29) is 11.8 Å². The second-order valence-electron chi connectivity index (χ2n) is 8.62. The summed E-state index contributed by atoms with van der Waals surface area (Å²) in [5.41, 5.74) is 3.54. The van der Waals surface area contributed by atoms with Crippen molar-refractivity contribution in [1.82, 2.24) is 14.7 Å². The van der Waals surface area contributed by atoms with Crippen molar-refractivity contribution in [2.45, 2.75) is 38.2 Å². The van der Waals surface area contributed by atoms with Crippen LogP contribution in [0, 0.1) is 17.6 Å². The summed E-state index contributed by atoms with van der Waals surface area (Å²) in [5.74, 6) is -1.87. The van der Waals surface area contributed by atoms with Gasteiger partial charge in [-0.25, -0.2) is 13.5 Å². The van der Waals surface area contributed by atoms with Crippen LogP contribution in [0.5, 0.6) is 0 Å². The first-order valence-corrected chi connectivity index (χ1v) is 11.1. The van der Waals surface area contributed by atoms with E-state index in [0.29, 0.717) is 37.3 Å². The average molecular weight is 437 g/mol. The number of carbonyl (C=O) groups excluding carboxylic acids is 1. The van der Waals surface area contributed by atoms with Gasteiger partial charge in [0.25, 0.3) is 5.91 Å². The fraction of sp³-hybridized carbons (Fsp3) is 0.360. The summed E-state index contributed by atoms with van der Waals surface area (Å²) >= 11 is 0. The number of halogens is 2. The van der Waals surface area contributed by atoms with Crippen molar-refractivity contribution in [2.24, 2.45) is 5.92 Å². The minimum Gasteiger partial charge on any atom is -0.388 e. The van der Waals surface area contributed by atoms with E-state index in [0.717, 1.165) is 48.2 Å². The van der Waals surface area contributed by atoms with Crippen LogP contribution in [-0.4, -0.2) is 38.8 Å². The standard InChI is InChI=1S/C25H25F2N3O2/c26-20-10-9-18(15-21(20)27)30-22-8-4-7-19(22)23(28-30)25(32)29-13-11-17(12-14-29)24(31)16-5-2-1-3-6-16/h1-3,5-6,9-10,15,17,24,31H,4,7-8,11-14H2. The minimum absolute atomic E-state index is 0.104. The molecule has 1 aromatic heterocycles. The molecular weight excluding hydrogens is 412 g/mol. The average Bonchev–Trinajstić information content (AvgIpc) is 3.44. The summed E-state index contributed by atoms with van der Waals surface area (Å²) < 4.78 is 28.8. The van der Waals surface area contributed by atoms with Crippen LogP contribution in [0.3, 0.4) is 0 Å². The molecule has 2 aliphatic rings. The summed E-state index contributed by atoms with van der Waals surface area (Å²) in [7, 11) is 0. The van der Waals surface area contributed by atoms with Gasteiger partial charge in [-0.15, -0.1) is 0 Å². The third-order valence-electron chi connectivity index (χ3n) is 6.69. The number of piperidine rings is 1. The van der Waals surface area contributed by atoms with Gasteiger partial charge in [0.05, 0.1) is 11.8 Å². The monoisotopic (exact) mass is 437 g/mol. The molecule has 2 aromatic carbocycles. The predicted octanol–water partition coefficient (Wildman–Crippen LogP) is 4.23. The molecule has 1 aliphatic carbocycles. The Hall–Kier alpha value is -3.06. The van der Waals surface area contributed by atoms with Gasteiger partial charge in [0, 0.05) is 30.4 Å². The second-order valence-corrected chi connectivity index (χ2v) is 8.62. The van der Waals surface area contributed by atoms with Crippen molar-refractivity contribution in [1.29, 1.82) is 0 Å². The van der Waals surface area contributed by atoms with Crippen LogP contribution in [0.4, 0.5) is 8.78 Å². The fourth-order valence-electron chi connectivity index (χ4n) is 4.93. The Balaban J connectivity index is 1.34. The molecule has 1 fully saturated rings. The molecule has 2 heterocycles. The van der Waals surface area contributed by atoms with E-state index in [4.69, 9.17) is 0 Å². The molecule has 166 valence electrons. The first-order chi connectivity index (χ1) is 15.5. The van der Waals surface area contributed by atoms with Crippen LogP contribution in [0.1, 0.15) is 52.7 Å². The number of likely N-dealkylation sites (tertiary alicyclic amines) is 1. The minimum atomic E-state index is -0.934. The van der Waals surface area contributed by atoms with Crippen LogP contribution in [0.15, 0.2) is 48.5 Å². The molecule has 5 rings (SSSR count). The van der Waals surface area contributed by atoms with E-state index in [1.807, 2.05) is 30.3 Å². The Morgan fingerprint density at radius 3 is 2.50 bits per heavy atom. The lowest BCUT2D eigenvalue weighted by molar-refractivity contribution is 0.0457. The van der Waals surface area contributed by atoms with Crippen molar-refractivity contribution in [2.75, 3.05) is 13.1 Å². The van der Waals surface area contributed by atoms with Gasteiger partial charge in [-0.2, -0.15) is 5.10 Å². The first-order valence-electron chi connectivity index (χ1n) is 11.1. The van der Waals surface area contributed by atoms with Crippen molar-refractivity contribution in [3.8, 4) is 5.69 Å². The maximum absolute atomic E-state index is 13.8. The first kappa shape index (κ1) is 20.8. The van der Waals surface area contributed by atoms with Crippen LogP contribution in [0.2, 0.25) is 0 Å². The number of aliphatic hydroxyl groups excluding tert-OH is 1. The van der Waals surface area contributed by atoms with Gasteiger partial charge in [0.1, 0.15) is 0 Å². The number of hydrogen-bond donors (Lipinski definition) is 1. The summed E-state index contributed by atoms with van der Waals surface area (Å²) in [6.45, 7) is 1.11. The topological polar surface area (TPSA) is 58.4 Å². The highest BCUT2D eigenvalue weighted by atomic mass is 19.2. The van der Waals surface area contributed by atoms with Gasteiger partial charge in [-0.05, 0) is 55.7 Å². The number of fused-ring (bicyclic) bond motifs is 1. The third-order valence-corrected chi connectivity index (χ3v) is 6.69. The molecule has 5 nitrogen and oxygen atoms in total. The molecule has 0 radical (unpaired) electrons. The molecule has 1 amide bonds. The molecule has 0 bridgehead atoms. The zero-order valence-corrected chi connectivity index (χ0v) is 17.7. The van der Waals surface area contributed by atoms with E-state index in [1.54, 1.807) is 9.58 Å². The number of benzene rings is 2. The molecule has 1 unspecified atom stereocenters. The van der Waals surface area contributed by atoms with E-state index >= 15 is 0 Å². The summed E-state index contributed by atoms with van der Waals surface area (Å²) in [4.78, 5) is 15.1. The molecule has 32 heavy (non-hydrogen) atoms. The number of carbonyl (C=O) groups is 1. The number of aliphatic hydroxyl groups is 1. The van der Waals surface area contributed by atoms with E-state index in [1.165, 1.54) is 6.07 Å². The Morgan fingerprint density at radius 1 is 1.03 bits per heavy atom. The van der Waals surface area contributed by atoms with Gasteiger partial charge >= 0.3 is 0 Å². The highest BCUT2D eigenvalue weighted by Crippen LogP contribution is 2.33. The van der Waals surface area contributed by atoms with Gasteiger partial charge in [0.2, 0.25) is 0 Å². The van der Waals surface area contributed by atoms with Gasteiger partial charge in [0.15, 0.2) is 17.3 Å². The number of hydrogen-bond acceptors (Lipinski definition) is 3. The maximum Gasteiger partial charge on any atom is 0.274 e. The molecule has 7 heteroatoms. The van der Waals surface area contributed by atoms with Crippen LogP contribution < -0.4 is 0 Å². The van der Waals surface area contributed by atoms with E-state index < -0.39 is 17.7 Å². The lowest BCUT2D eigenvalue weighted by Crippen LogP contribution is -2.40. The van der Waals surface area contributed by atoms with Crippen LogP contribution in [0.25, 0.3) is 5.69 Å². The zero-order valence-electron chi connectivity index (χ0n) is 17.7. The smallest absolute Gasteiger partial charge is 0.274 e. The van der Waals surface area contributed by atoms with Gasteiger partial charge in [-0.1, -0.05) is 30.3 Å². The van der Waals surface area contributed by atoms with Gasteiger partial charge < -0.3 is 10.0 Å². The van der Waals surface area contributed by atoms with Crippen molar-refractivity contribution in [3.63, 3.8) is 0 Å². The largest absolute Gasteiger partial charge is 0.388 e. The van der Waals surface area contributed by atoms with E-state index in [9.17, 15) is 18.7 Å². The van der Waals surface area contributed by atoms with Crippen LogP contribution >= 0.6 is 0 Å². The molecule has 0 saturated carbocycles. The third kappa shape index (κ3) is 3.71. The Morgan fingerprint density at radius 2 is 1.78 bits per heavy atom. The zero-order chi connectivity index (χ0) is 22.2. The molecule has 1 saturated heterocycles. The summed E-state index contributed by atoms with van der Waals surface area (Å²) in [5, 5.41) is 15.2. The summed E-state index contributed by atoms with van der Waals surface area (Å²) in [6, 6.07) is 13.3. The lowest BCUT2D eigenvalue weighted by atomic mass is 9.87. The van der Waals surface area contributed by atoms with Crippen LogP contribution in [-0.2, 0) is 12.8 Å². The highest BCUT2D eigenvalue weighted by molar-refractivity contribution is 5.94. The number of amides is 1. The molecule has 3 aromatic rings. The highest BCUT2D eigenvalue weighted by Gasteiger charge is 2.33. The number of rotatable bonds is 4. The molecule has 1 atom stereocenters. The molecule has 1 aliphatic heterocycles. The lowest BCUT2D eigenvalue weighted by Gasteiger charge is -2.34. The maximum atomic E-state index is 13.8. The number of nitrogens with zero attached hydrogens (tertiary/aromatic N) is 3.